The molecule has 0 bridgehead atoms. The standard InChI is InChI=1S/C14H22N2O3S2/c1-3-6-15-14(17)13-8-12(10-20-13)21(18,19)16-7-4-5-11(2)9-16/h8,10-11H,3-7,9H2,1-2H3,(H,15,17)/t11-/m1/s1. The molecule has 118 valence electrons. The van der Waals surface area contributed by atoms with Crippen molar-refractivity contribution < 1.29 is 13.2 Å². The van der Waals surface area contributed by atoms with Crippen molar-refractivity contribution in [2.45, 2.75) is 38.0 Å². The minimum Gasteiger partial charge on any atom is -0.351 e. The number of nitrogens with zero attached hydrogens (tertiary/aromatic N) is 1. The lowest BCUT2D eigenvalue weighted by atomic mass is 10.0. The molecule has 1 aliphatic heterocycles. The second-order valence-corrected chi connectivity index (χ2v) is 8.36. The normalized spacial score (nSPS) is 20.4. The Morgan fingerprint density at radius 3 is 2.95 bits per heavy atom. The van der Waals surface area contributed by atoms with Crippen molar-refractivity contribution in [3.63, 3.8) is 0 Å². The molecule has 21 heavy (non-hydrogen) atoms. The Hall–Kier alpha value is -0.920. The van der Waals surface area contributed by atoms with Gasteiger partial charge in [-0.1, -0.05) is 13.8 Å². The van der Waals surface area contributed by atoms with Crippen molar-refractivity contribution in [1.29, 1.82) is 0 Å². The molecule has 1 atom stereocenters. The maximum atomic E-state index is 12.6. The Morgan fingerprint density at radius 2 is 2.29 bits per heavy atom. The molecule has 1 aliphatic rings. The van der Waals surface area contributed by atoms with Crippen LogP contribution in [-0.4, -0.2) is 38.3 Å². The van der Waals surface area contributed by atoms with Crippen molar-refractivity contribution >= 4 is 27.3 Å². The molecular weight excluding hydrogens is 308 g/mol. The molecule has 1 saturated heterocycles. The largest absolute Gasteiger partial charge is 0.351 e. The molecule has 0 unspecified atom stereocenters. The molecule has 1 aromatic heterocycles. The first-order valence-corrected chi connectivity index (χ1v) is 9.64. The van der Waals surface area contributed by atoms with E-state index in [4.69, 9.17) is 0 Å². The lowest BCUT2D eigenvalue weighted by Crippen LogP contribution is -2.38. The minimum absolute atomic E-state index is 0.199. The van der Waals surface area contributed by atoms with Crippen LogP contribution in [0.5, 0.6) is 0 Å². The van der Waals surface area contributed by atoms with Gasteiger partial charge in [-0.2, -0.15) is 4.31 Å². The summed E-state index contributed by atoms with van der Waals surface area (Å²) >= 11 is 1.18. The minimum atomic E-state index is -3.46. The van der Waals surface area contributed by atoms with Gasteiger partial charge in [-0.15, -0.1) is 11.3 Å². The quantitative estimate of drug-likeness (QED) is 0.901. The van der Waals surface area contributed by atoms with Gasteiger partial charge < -0.3 is 5.32 Å². The van der Waals surface area contributed by atoms with Crippen molar-refractivity contribution in [1.82, 2.24) is 9.62 Å². The highest BCUT2D eigenvalue weighted by Gasteiger charge is 2.29. The molecule has 0 radical (unpaired) electrons. The summed E-state index contributed by atoms with van der Waals surface area (Å²) in [6.45, 7) is 5.78. The lowest BCUT2D eigenvalue weighted by Gasteiger charge is -2.29. The van der Waals surface area contributed by atoms with Crippen LogP contribution in [0.2, 0.25) is 0 Å². The fraction of sp³-hybridized carbons (Fsp3) is 0.643. The third-order valence-electron chi connectivity index (χ3n) is 3.59. The van der Waals surface area contributed by atoms with E-state index in [-0.39, 0.29) is 10.8 Å². The SMILES string of the molecule is CCCNC(=O)c1cc(S(=O)(=O)N2CCC[C@@H](C)C2)cs1. The lowest BCUT2D eigenvalue weighted by molar-refractivity contribution is 0.0957. The predicted molar refractivity (Wildman–Crippen MR) is 84.1 cm³/mol. The Bertz CT molecular complexity index is 595. The molecule has 0 saturated carbocycles. The number of carbonyl (C=O) groups excluding carboxylic acids is 1. The number of sulfonamides is 1. The number of carbonyl (C=O) groups is 1. The van der Waals surface area contributed by atoms with E-state index >= 15 is 0 Å². The molecule has 0 aromatic carbocycles. The summed E-state index contributed by atoms with van der Waals surface area (Å²) in [5, 5.41) is 4.33. The Labute approximate surface area is 130 Å². The van der Waals surface area contributed by atoms with Crippen LogP contribution in [0, 0.1) is 5.92 Å². The average molecular weight is 330 g/mol. The van der Waals surface area contributed by atoms with Crippen molar-refractivity contribution in [3.8, 4) is 0 Å². The summed E-state index contributed by atoms with van der Waals surface area (Å²) in [7, 11) is -3.46. The first kappa shape index (κ1) is 16.5. The van der Waals surface area contributed by atoms with E-state index in [1.165, 1.54) is 21.7 Å². The summed E-state index contributed by atoms with van der Waals surface area (Å²) in [5.74, 6) is 0.190. The van der Waals surface area contributed by atoms with Crippen LogP contribution >= 0.6 is 11.3 Å². The van der Waals surface area contributed by atoms with Crippen LogP contribution in [0.1, 0.15) is 42.8 Å². The van der Waals surface area contributed by atoms with E-state index in [2.05, 4.69) is 12.2 Å². The van der Waals surface area contributed by atoms with E-state index in [0.29, 0.717) is 30.4 Å². The zero-order valence-corrected chi connectivity index (χ0v) is 14.1. The first-order valence-electron chi connectivity index (χ1n) is 7.32. The molecular formula is C14H22N2O3S2. The van der Waals surface area contributed by atoms with E-state index in [1.54, 1.807) is 5.38 Å². The Balaban J connectivity index is 2.14. The monoisotopic (exact) mass is 330 g/mol. The highest BCUT2D eigenvalue weighted by molar-refractivity contribution is 7.89. The van der Waals surface area contributed by atoms with Gasteiger partial charge in [0.25, 0.3) is 5.91 Å². The number of nitrogens with one attached hydrogen (secondary N) is 1. The molecule has 7 heteroatoms. The zero-order chi connectivity index (χ0) is 15.5. The van der Waals surface area contributed by atoms with Gasteiger partial charge >= 0.3 is 0 Å². The van der Waals surface area contributed by atoms with E-state index in [9.17, 15) is 13.2 Å². The van der Waals surface area contributed by atoms with Crippen LogP contribution in [0.3, 0.4) is 0 Å². The van der Waals surface area contributed by atoms with Gasteiger partial charge in [0.05, 0.1) is 9.77 Å². The number of rotatable bonds is 5. The van der Waals surface area contributed by atoms with Crippen LogP contribution in [0.15, 0.2) is 16.3 Å². The van der Waals surface area contributed by atoms with Gasteiger partial charge in [-0.25, -0.2) is 8.42 Å². The first-order chi connectivity index (χ1) is 9.95. The second-order valence-electron chi connectivity index (χ2n) is 5.51. The molecule has 1 aromatic rings. The summed E-state index contributed by atoms with van der Waals surface area (Å²) in [6.07, 6.45) is 2.82. The summed E-state index contributed by atoms with van der Waals surface area (Å²) in [4.78, 5) is 12.6. The third kappa shape index (κ3) is 3.84. The maximum Gasteiger partial charge on any atom is 0.261 e. The van der Waals surface area contributed by atoms with Crippen LogP contribution in [0.4, 0.5) is 0 Å². The Kier molecular flexibility index (Phi) is 5.40. The number of amides is 1. The Morgan fingerprint density at radius 1 is 1.52 bits per heavy atom. The molecule has 2 rings (SSSR count). The van der Waals surface area contributed by atoms with Crippen molar-refractivity contribution in [2.75, 3.05) is 19.6 Å². The number of hydrogen-bond acceptors (Lipinski definition) is 4. The van der Waals surface area contributed by atoms with Gasteiger partial charge in [0.1, 0.15) is 0 Å². The van der Waals surface area contributed by atoms with Crippen molar-refractivity contribution in [2.24, 2.45) is 5.92 Å². The molecule has 1 fully saturated rings. The smallest absolute Gasteiger partial charge is 0.261 e. The van der Waals surface area contributed by atoms with E-state index < -0.39 is 10.0 Å². The summed E-state index contributed by atoms with van der Waals surface area (Å²) in [6, 6.07) is 1.49. The number of piperidine rings is 1. The molecule has 1 amide bonds. The predicted octanol–water partition coefficient (Wildman–Crippen LogP) is 2.31. The summed E-state index contributed by atoms with van der Waals surface area (Å²) < 4.78 is 26.7. The van der Waals surface area contributed by atoms with Gasteiger partial charge in [-0.05, 0) is 31.2 Å². The van der Waals surface area contributed by atoms with Crippen LogP contribution in [0.25, 0.3) is 0 Å². The highest BCUT2D eigenvalue weighted by atomic mass is 32.2. The summed E-state index contributed by atoms with van der Waals surface area (Å²) in [5.41, 5.74) is 0. The fourth-order valence-corrected chi connectivity index (χ4v) is 5.19. The van der Waals surface area contributed by atoms with Gasteiger partial charge in [0, 0.05) is 25.0 Å². The molecule has 0 aliphatic carbocycles. The van der Waals surface area contributed by atoms with Crippen LogP contribution < -0.4 is 5.32 Å². The van der Waals surface area contributed by atoms with Gasteiger partial charge in [-0.3, -0.25) is 4.79 Å². The molecule has 1 N–H and O–H groups in total. The maximum absolute atomic E-state index is 12.6. The third-order valence-corrected chi connectivity index (χ3v) is 6.51. The number of thiophene rings is 1. The second kappa shape index (κ2) is 6.89. The van der Waals surface area contributed by atoms with Gasteiger partial charge in [0.15, 0.2) is 0 Å². The van der Waals surface area contributed by atoms with Gasteiger partial charge in [0.2, 0.25) is 10.0 Å². The van der Waals surface area contributed by atoms with Crippen molar-refractivity contribution in [3.05, 3.63) is 16.3 Å². The van der Waals surface area contributed by atoms with E-state index in [1.807, 2.05) is 6.92 Å². The van der Waals surface area contributed by atoms with E-state index in [0.717, 1.165) is 19.3 Å². The molecule has 0 spiro atoms. The number of hydrogen-bond donors (Lipinski definition) is 1. The average Bonchev–Trinajstić information content (AvgIpc) is 2.95. The zero-order valence-electron chi connectivity index (χ0n) is 12.5. The highest BCUT2D eigenvalue weighted by Crippen LogP contribution is 2.26. The van der Waals surface area contributed by atoms with Crippen LogP contribution in [-0.2, 0) is 10.0 Å². The topological polar surface area (TPSA) is 66.5 Å². The molecule has 2 heterocycles. The fourth-order valence-electron chi connectivity index (χ4n) is 2.41. The molecule has 5 nitrogen and oxygen atoms in total.